The van der Waals surface area contributed by atoms with Gasteiger partial charge in [0.1, 0.15) is 0 Å². The maximum atomic E-state index is 12.4. The molecule has 1 aliphatic rings. The molecule has 0 aliphatic carbocycles. The van der Waals surface area contributed by atoms with Gasteiger partial charge in [-0.15, -0.1) is 11.3 Å². The van der Waals surface area contributed by atoms with Crippen LogP contribution in [0.2, 0.25) is 0 Å². The molecule has 6 heteroatoms. The number of carboxylic acid groups (broad SMARTS) is 1. The Bertz CT molecular complexity index is 726. The molecule has 23 heavy (non-hydrogen) atoms. The normalized spacial score (nSPS) is 21.3. The fraction of sp³-hybridized carbons (Fsp3) is 0.412. The quantitative estimate of drug-likeness (QED) is 0.826. The van der Waals surface area contributed by atoms with Gasteiger partial charge in [-0.3, -0.25) is 9.59 Å². The van der Waals surface area contributed by atoms with Crippen LogP contribution in [0.5, 0.6) is 0 Å². The minimum absolute atomic E-state index is 0.0666. The van der Waals surface area contributed by atoms with Crippen molar-refractivity contribution in [3.05, 3.63) is 35.2 Å². The third-order valence-corrected chi connectivity index (χ3v) is 5.31. The topological polar surface area (TPSA) is 66.8 Å². The fourth-order valence-corrected chi connectivity index (χ4v) is 4.26. The first-order valence-electron chi connectivity index (χ1n) is 7.61. The summed E-state index contributed by atoms with van der Waals surface area (Å²) in [6.07, 6.45) is 0.768. The highest BCUT2D eigenvalue weighted by Crippen LogP contribution is 2.43. The molecular weight excluding hydrogens is 314 g/mol. The predicted molar refractivity (Wildman–Crippen MR) is 88.5 cm³/mol. The monoisotopic (exact) mass is 333 g/mol. The third-order valence-electron chi connectivity index (χ3n) is 4.33. The van der Waals surface area contributed by atoms with E-state index < -0.39 is 17.9 Å². The molecule has 122 valence electrons. The van der Waals surface area contributed by atoms with Crippen LogP contribution in [0.25, 0.3) is 10.1 Å². The van der Waals surface area contributed by atoms with Crippen molar-refractivity contribution in [1.82, 2.24) is 4.90 Å². The minimum Gasteiger partial charge on any atom is -0.481 e. The summed E-state index contributed by atoms with van der Waals surface area (Å²) in [5.74, 6) is -1.69. The number of ether oxygens (including phenoxy) is 1. The van der Waals surface area contributed by atoms with Crippen molar-refractivity contribution >= 4 is 33.3 Å². The van der Waals surface area contributed by atoms with Crippen molar-refractivity contribution in [3.8, 4) is 0 Å². The van der Waals surface area contributed by atoms with Gasteiger partial charge in [0.2, 0.25) is 5.91 Å². The number of benzene rings is 1. The van der Waals surface area contributed by atoms with Crippen LogP contribution in [-0.4, -0.2) is 42.1 Å². The van der Waals surface area contributed by atoms with E-state index in [1.165, 1.54) is 0 Å². The highest BCUT2D eigenvalue weighted by atomic mass is 32.1. The standard InChI is InChI=1S/C17H19NO4S/c1-22-8-4-7-18-15(19)9-12(17(20)21)16(18)13-10-23-14-6-3-2-5-11(13)14/h2-3,5-6,10,12,16H,4,7-9H2,1H3,(H,20,21)/t12-,16-/m1/s1. The van der Waals surface area contributed by atoms with E-state index in [4.69, 9.17) is 4.74 Å². The van der Waals surface area contributed by atoms with Crippen LogP contribution in [0.15, 0.2) is 29.6 Å². The molecular formula is C17H19NO4S. The minimum atomic E-state index is -0.909. The smallest absolute Gasteiger partial charge is 0.309 e. The van der Waals surface area contributed by atoms with Crippen molar-refractivity contribution < 1.29 is 19.4 Å². The first-order valence-corrected chi connectivity index (χ1v) is 8.48. The third kappa shape index (κ3) is 2.96. The Balaban J connectivity index is 1.99. The van der Waals surface area contributed by atoms with Gasteiger partial charge in [-0.2, -0.15) is 0 Å². The van der Waals surface area contributed by atoms with Gasteiger partial charge < -0.3 is 14.7 Å². The molecule has 1 aromatic heterocycles. The molecule has 1 fully saturated rings. The van der Waals surface area contributed by atoms with Gasteiger partial charge in [0.05, 0.1) is 12.0 Å². The van der Waals surface area contributed by atoms with Gasteiger partial charge in [0, 0.05) is 31.4 Å². The molecule has 2 atom stereocenters. The van der Waals surface area contributed by atoms with Crippen molar-refractivity contribution in [3.63, 3.8) is 0 Å². The van der Waals surface area contributed by atoms with Crippen molar-refractivity contribution in [2.75, 3.05) is 20.3 Å². The Hall–Kier alpha value is -1.92. The van der Waals surface area contributed by atoms with Gasteiger partial charge in [0.25, 0.3) is 0 Å². The second-order valence-electron chi connectivity index (χ2n) is 5.71. The number of rotatable bonds is 6. The number of carboxylic acids is 1. The van der Waals surface area contributed by atoms with E-state index in [1.54, 1.807) is 23.3 Å². The maximum Gasteiger partial charge on any atom is 0.309 e. The number of methoxy groups -OCH3 is 1. The molecule has 1 aliphatic heterocycles. The van der Waals surface area contributed by atoms with Crippen LogP contribution in [0.4, 0.5) is 0 Å². The number of carbonyl (C=O) groups excluding carboxylic acids is 1. The molecule has 0 unspecified atom stereocenters. The molecule has 1 N–H and O–H groups in total. The Kier molecular flexibility index (Phi) is 4.63. The van der Waals surface area contributed by atoms with E-state index in [0.29, 0.717) is 19.6 Å². The molecule has 1 aromatic carbocycles. The molecule has 1 amide bonds. The number of amides is 1. The van der Waals surface area contributed by atoms with Crippen molar-refractivity contribution in [2.24, 2.45) is 5.92 Å². The summed E-state index contributed by atoms with van der Waals surface area (Å²) in [5, 5.41) is 12.6. The number of likely N-dealkylation sites (tertiary alicyclic amines) is 1. The second kappa shape index (κ2) is 6.68. The first-order chi connectivity index (χ1) is 11.1. The lowest BCUT2D eigenvalue weighted by atomic mass is 9.93. The molecule has 3 rings (SSSR count). The fourth-order valence-electron chi connectivity index (χ4n) is 3.27. The van der Waals surface area contributed by atoms with E-state index >= 15 is 0 Å². The Labute approximate surface area is 138 Å². The molecule has 1 saturated heterocycles. The SMILES string of the molecule is COCCCN1C(=O)C[C@@H](C(=O)O)[C@@H]1c1csc2ccccc12. The lowest BCUT2D eigenvalue weighted by Gasteiger charge is -2.27. The molecule has 0 radical (unpaired) electrons. The highest BCUT2D eigenvalue weighted by molar-refractivity contribution is 7.17. The zero-order valence-corrected chi connectivity index (χ0v) is 13.7. The summed E-state index contributed by atoms with van der Waals surface area (Å²) in [6, 6.07) is 7.53. The number of fused-ring (bicyclic) bond motifs is 1. The zero-order chi connectivity index (χ0) is 16.4. The van der Waals surface area contributed by atoms with E-state index in [9.17, 15) is 14.7 Å². The average molecular weight is 333 g/mol. The molecule has 2 aromatic rings. The largest absolute Gasteiger partial charge is 0.481 e. The lowest BCUT2D eigenvalue weighted by Crippen LogP contribution is -2.31. The molecule has 0 bridgehead atoms. The van der Waals surface area contributed by atoms with Crippen molar-refractivity contribution in [2.45, 2.75) is 18.9 Å². The van der Waals surface area contributed by atoms with Gasteiger partial charge in [-0.1, -0.05) is 18.2 Å². The number of hydrogen-bond donors (Lipinski definition) is 1. The summed E-state index contributed by atoms with van der Waals surface area (Å²) >= 11 is 1.59. The van der Waals surface area contributed by atoms with Crippen LogP contribution in [0.1, 0.15) is 24.4 Å². The summed E-state index contributed by atoms with van der Waals surface area (Å²) in [4.78, 5) is 25.7. The Morgan fingerprint density at radius 1 is 1.43 bits per heavy atom. The van der Waals surface area contributed by atoms with Gasteiger partial charge >= 0.3 is 5.97 Å². The van der Waals surface area contributed by atoms with E-state index in [-0.39, 0.29) is 12.3 Å². The second-order valence-corrected chi connectivity index (χ2v) is 6.63. The predicted octanol–water partition coefficient (Wildman–Crippen LogP) is 2.91. The molecule has 0 saturated carbocycles. The summed E-state index contributed by atoms with van der Waals surface area (Å²) < 4.78 is 6.17. The lowest BCUT2D eigenvalue weighted by molar-refractivity contribution is -0.142. The first kappa shape index (κ1) is 16.0. The van der Waals surface area contributed by atoms with Crippen LogP contribution in [0.3, 0.4) is 0 Å². The summed E-state index contributed by atoms with van der Waals surface area (Å²) in [7, 11) is 1.62. The number of aliphatic carboxylic acids is 1. The van der Waals surface area contributed by atoms with Crippen LogP contribution in [0, 0.1) is 5.92 Å². The Morgan fingerprint density at radius 2 is 2.22 bits per heavy atom. The summed E-state index contributed by atoms with van der Waals surface area (Å²) in [6.45, 7) is 1.07. The molecule has 2 heterocycles. The van der Waals surface area contributed by atoms with Crippen LogP contribution >= 0.6 is 11.3 Å². The van der Waals surface area contributed by atoms with Crippen molar-refractivity contribution in [1.29, 1.82) is 0 Å². The number of carbonyl (C=O) groups is 2. The van der Waals surface area contributed by atoms with Crippen LogP contribution in [-0.2, 0) is 14.3 Å². The number of thiophene rings is 1. The maximum absolute atomic E-state index is 12.4. The highest BCUT2D eigenvalue weighted by Gasteiger charge is 2.45. The number of hydrogen-bond acceptors (Lipinski definition) is 4. The van der Waals surface area contributed by atoms with Gasteiger partial charge in [-0.05, 0) is 28.8 Å². The van der Waals surface area contributed by atoms with Gasteiger partial charge in [0.15, 0.2) is 0 Å². The Morgan fingerprint density at radius 3 is 2.96 bits per heavy atom. The number of nitrogens with zero attached hydrogens (tertiary/aromatic N) is 1. The van der Waals surface area contributed by atoms with E-state index in [2.05, 4.69) is 0 Å². The molecule has 0 spiro atoms. The average Bonchev–Trinajstić information content (AvgIpc) is 3.09. The van der Waals surface area contributed by atoms with E-state index in [0.717, 1.165) is 15.6 Å². The zero-order valence-electron chi connectivity index (χ0n) is 12.9. The summed E-state index contributed by atoms with van der Waals surface area (Å²) in [5.41, 5.74) is 0.946. The van der Waals surface area contributed by atoms with E-state index in [1.807, 2.05) is 29.6 Å². The molecule has 5 nitrogen and oxygen atoms in total. The van der Waals surface area contributed by atoms with Crippen LogP contribution < -0.4 is 0 Å². The van der Waals surface area contributed by atoms with Gasteiger partial charge in [-0.25, -0.2) is 0 Å².